The molecule has 0 saturated carbocycles. The number of hydrogen-bond donors (Lipinski definition) is 0. The number of carbonyl (C=O) groups is 2. The van der Waals surface area contributed by atoms with Crippen molar-refractivity contribution >= 4 is 11.9 Å². The van der Waals surface area contributed by atoms with Crippen molar-refractivity contribution in [2.75, 3.05) is 20.3 Å². The third-order valence-corrected chi connectivity index (χ3v) is 5.90. The second-order valence-corrected chi connectivity index (χ2v) is 7.64. The molecule has 3 heterocycles. The highest BCUT2D eigenvalue weighted by Crippen LogP contribution is 2.49. The van der Waals surface area contributed by atoms with Gasteiger partial charge in [0.25, 0.3) is 5.91 Å². The molecule has 5 rings (SSSR count). The summed E-state index contributed by atoms with van der Waals surface area (Å²) in [5.74, 6) is 0.286. The Kier molecular flexibility index (Phi) is 5.05. The summed E-state index contributed by atoms with van der Waals surface area (Å²) in [6.07, 6.45) is 0.711. The Morgan fingerprint density at radius 2 is 2.00 bits per heavy atom. The first-order valence-electron chi connectivity index (χ1n) is 10.4. The SMILES string of the molecule is CCOC(=O)[C@@H]1CN(C(=O)c2ncoc2-c2ccccc2)[C@H]2c3ccc(OC)cc3O[C@@H]12. The van der Waals surface area contributed by atoms with Crippen LogP contribution in [0.2, 0.25) is 0 Å². The summed E-state index contributed by atoms with van der Waals surface area (Å²) < 4.78 is 22.3. The van der Waals surface area contributed by atoms with Gasteiger partial charge in [-0.1, -0.05) is 30.3 Å². The van der Waals surface area contributed by atoms with Crippen molar-refractivity contribution in [1.82, 2.24) is 9.88 Å². The molecular weight excluding hydrogens is 412 g/mol. The van der Waals surface area contributed by atoms with Gasteiger partial charge in [-0.3, -0.25) is 9.59 Å². The van der Waals surface area contributed by atoms with Crippen LogP contribution in [-0.2, 0) is 9.53 Å². The molecule has 2 aliphatic heterocycles. The highest BCUT2D eigenvalue weighted by Gasteiger charge is 2.55. The molecule has 8 heteroatoms. The first-order chi connectivity index (χ1) is 15.6. The number of benzene rings is 2. The normalized spacial score (nSPS) is 20.9. The van der Waals surface area contributed by atoms with Gasteiger partial charge in [-0.2, -0.15) is 0 Å². The second kappa shape index (κ2) is 8.03. The standard InChI is InChI=1S/C24H22N2O6/c1-3-30-24(28)17-12-26(20-16-10-9-15(29-2)11-18(16)32-22(17)20)23(27)19-21(31-13-25-19)14-7-5-4-6-8-14/h4-11,13,17,20,22H,3,12H2,1-2H3/t17-,20+,22+/m1/s1. The van der Waals surface area contributed by atoms with Crippen molar-refractivity contribution in [3.05, 3.63) is 66.2 Å². The number of amides is 1. The maximum atomic E-state index is 13.7. The van der Waals surface area contributed by atoms with Gasteiger partial charge >= 0.3 is 5.97 Å². The van der Waals surface area contributed by atoms with E-state index in [1.807, 2.05) is 42.5 Å². The van der Waals surface area contributed by atoms with Gasteiger partial charge in [0.2, 0.25) is 0 Å². The molecule has 0 bridgehead atoms. The van der Waals surface area contributed by atoms with Crippen LogP contribution in [0.15, 0.2) is 59.3 Å². The molecule has 0 radical (unpaired) electrons. The lowest BCUT2D eigenvalue weighted by atomic mass is 9.98. The van der Waals surface area contributed by atoms with Crippen LogP contribution in [0.25, 0.3) is 11.3 Å². The van der Waals surface area contributed by atoms with Crippen LogP contribution in [0.4, 0.5) is 0 Å². The summed E-state index contributed by atoms with van der Waals surface area (Å²) in [4.78, 5) is 32.2. The largest absolute Gasteiger partial charge is 0.497 e. The molecule has 32 heavy (non-hydrogen) atoms. The van der Waals surface area contributed by atoms with Crippen molar-refractivity contribution in [1.29, 1.82) is 0 Å². The van der Waals surface area contributed by atoms with Crippen molar-refractivity contribution in [3.63, 3.8) is 0 Å². The van der Waals surface area contributed by atoms with E-state index >= 15 is 0 Å². The van der Waals surface area contributed by atoms with Crippen LogP contribution in [-0.4, -0.2) is 48.1 Å². The molecular formula is C24H22N2O6. The van der Waals surface area contributed by atoms with E-state index in [0.717, 1.165) is 11.1 Å². The Bertz CT molecular complexity index is 1160. The van der Waals surface area contributed by atoms with E-state index < -0.39 is 18.1 Å². The molecule has 1 fully saturated rings. The summed E-state index contributed by atoms with van der Waals surface area (Å²) in [5, 5.41) is 0. The topological polar surface area (TPSA) is 91.1 Å². The van der Waals surface area contributed by atoms with Crippen LogP contribution in [0.5, 0.6) is 11.5 Å². The Morgan fingerprint density at radius 1 is 1.19 bits per heavy atom. The highest BCUT2D eigenvalue weighted by molar-refractivity contribution is 5.98. The molecule has 0 aliphatic carbocycles. The van der Waals surface area contributed by atoms with Gasteiger partial charge in [0, 0.05) is 23.7 Å². The van der Waals surface area contributed by atoms with Crippen LogP contribution >= 0.6 is 0 Å². The van der Waals surface area contributed by atoms with Gasteiger partial charge in [-0.25, -0.2) is 4.98 Å². The van der Waals surface area contributed by atoms with Crippen LogP contribution in [0.3, 0.4) is 0 Å². The molecule has 2 aromatic carbocycles. The zero-order valence-electron chi connectivity index (χ0n) is 17.7. The van der Waals surface area contributed by atoms with E-state index in [9.17, 15) is 9.59 Å². The number of oxazole rings is 1. The summed E-state index contributed by atoms with van der Waals surface area (Å²) in [6, 6.07) is 14.3. The second-order valence-electron chi connectivity index (χ2n) is 7.64. The summed E-state index contributed by atoms with van der Waals surface area (Å²) in [5.41, 5.74) is 1.76. The summed E-state index contributed by atoms with van der Waals surface area (Å²) in [7, 11) is 1.57. The lowest BCUT2D eigenvalue weighted by Crippen LogP contribution is -2.32. The smallest absolute Gasteiger partial charge is 0.314 e. The minimum absolute atomic E-state index is 0.166. The monoisotopic (exact) mass is 434 g/mol. The van der Waals surface area contributed by atoms with Gasteiger partial charge in [0.1, 0.15) is 23.5 Å². The summed E-state index contributed by atoms with van der Waals surface area (Å²) >= 11 is 0. The van der Waals surface area contributed by atoms with Crippen molar-refractivity contribution < 1.29 is 28.2 Å². The molecule has 0 N–H and O–H groups in total. The van der Waals surface area contributed by atoms with E-state index in [4.69, 9.17) is 18.6 Å². The van der Waals surface area contributed by atoms with Crippen LogP contribution in [0, 0.1) is 5.92 Å². The molecule has 1 amide bonds. The average molecular weight is 434 g/mol. The Labute approximate surface area is 184 Å². The van der Waals surface area contributed by atoms with Crippen molar-refractivity contribution in [3.8, 4) is 22.8 Å². The van der Waals surface area contributed by atoms with Crippen LogP contribution in [0.1, 0.15) is 29.0 Å². The molecule has 164 valence electrons. The Balaban J connectivity index is 1.54. The first-order valence-corrected chi connectivity index (χ1v) is 10.4. The minimum Gasteiger partial charge on any atom is -0.497 e. The van der Waals surface area contributed by atoms with Crippen LogP contribution < -0.4 is 9.47 Å². The zero-order chi connectivity index (χ0) is 22.2. The molecule has 0 spiro atoms. The molecule has 0 unspecified atom stereocenters. The third kappa shape index (κ3) is 3.19. The number of aromatic nitrogens is 1. The predicted octanol–water partition coefficient (Wildman–Crippen LogP) is 3.49. The highest BCUT2D eigenvalue weighted by atomic mass is 16.5. The third-order valence-electron chi connectivity index (χ3n) is 5.90. The first kappa shape index (κ1) is 20.1. The number of methoxy groups -OCH3 is 1. The number of esters is 1. The molecule has 2 aliphatic rings. The van der Waals surface area contributed by atoms with Crippen molar-refractivity contribution in [2.24, 2.45) is 5.92 Å². The quantitative estimate of drug-likeness (QED) is 0.568. The molecule has 1 saturated heterocycles. The summed E-state index contributed by atoms with van der Waals surface area (Å²) in [6.45, 7) is 2.17. The minimum atomic E-state index is -0.616. The Morgan fingerprint density at radius 3 is 2.75 bits per heavy atom. The lowest BCUT2D eigenvalue weighted by molar-refractivity contribution is -0.149. The van der Waals surface area contributed by atoms with Gasteiger partial charge in [0.05, 0.1) is 19.8 Å². The number of rotatable bonds is 5. The average Bonchev–Trinajstić information content (AvgIpc) is 3.53. The van der Waals surface area contributed by atoms with Gasteiger partial charge < -0.3 is 23.5 Å². The van der Waals surface area contributed by atoms with Crippen molar-refractivity contribution in [2.45, 2.75) is 19.1 Å². The van der Waals surface area contributed by atoms with E-state index in [1.54, 1.807) is 25.0 Å². The van der Waals surface area contributed by atoms with E-state index in [2.05, 4.69) is 4.98 Å². The van der Waals surface area contributed by atoms with E-state index in [0.29, 0.717) is 17.3 Å². The number of carbonyl (C=O) groups excluding carboxylic acids is 2. The number of fused-ring (bicyclic) bond motifs is 3. The molecule has 3 aromatic rings. The Hall–Kier alpha value is -3.81. The lowest BCUT2D eigenvalue weighted by Gasteiger charge is -2.22. The number of ether oxygens (including phenoxy) is 3. The fraction of sp³-hybridized carbons (Fsp3) is 0.292. The van der Waals surface area contributed by atoms with Gasteiger partial charge in [-0.05, 0) is 19.1 Å². The maximum Gasteiger partial charge on any atom is 0.314 e. The molecule has 1 aromatic heterocycles. The fourth-order valence-electron chi connectivity index (χ4n) is 4.45. The fourth-order valence-corrected chi connectivity index (χ4v) is 4.45. The molecule has 3 atom stereocenters. The van der Waals surface area contributed by atoms with E-state index in [1.165, 1.54) is 6.39 Å². The van der Waals surface area contributed by atoms with Gasteiger partial charge in [0.15, 0.2) is 17.8 Å². The number of nitrogens with zero attached hydrogens (tertiary/aromatic N) is 2. The zero-order valence-corrected chi connectivity index (χ0v) is 17.7. The molecule has 8 nitrogen and oxygen atoms in total. The maximum absolute atomic E-state index is 13.7. The number of likely N-dealkylation sites (tertiary alicyclic amines) is 1. The predicted molar refractivity (Wildman–Crippen MR) is 113 cm³/mol. The number of hydrogen-bond acceptors (Lipinski definition) is 7. The van der Waals surface area contributed by atoms with Gasteiger partial charge in [-0.15, -0.1) is 0 Å². The van der Waals surface area contributed by atoms with E-state index in [-0.39, 0.29) is 30.7 Å².